The third-order valence-electron chi connectivity index (χ3n) is 4.45. The predicted molar refractivity (Wildman–Crippen MR) is 117 cm³/mol. The lowest BCUT2D eigenvalue weighted by Gasteiger charge is -2.34. The van der Waals surface area contributed by atoms with Crippen molar-refractivity contribution >= 4 is 41.9 Å². The molecule has 1 fully saturated rings. The van der Waals surface area contributed by atoms with Gasteiger partial charge in [-0.3, -0.25) is 14.6 Å². The van der Waals surface area contributed by atoms with E-state index in [4.69, 9.17) is 9.73 Å². The highest BCUT2D eigenvalue weighted by atomic mass is 127. The van der Waals surface area contributed by atoms with Crippen molar-refractivity contribution in [2.45, 2.75) is 58.8 Å². The van der Waals surface area contributed by atoms with Crippen LogP contribution >= 0.6 is 24.0 Å². The second-order valence-corrected chi connectivity index (χ2v) is 6.51. The van der Waals surface area contributed by atoms with Crippen molar-refractivity contribution in [3.8, 4) is 0 Å². The summed E-state index contributed by atoms with van der Waals surface area (Å²) in [5.41, 5.74) is 0. The molecule has 0 aromatic heterocycles. The number of halogens is 1. The zero-order valence-corrected chi connectivity index (χ0v) is 19.3. The van der Waals surface area contributed by atoms with Gasteiger partial charge in [0.1, 0.15) is 0 Å². The normalized spacial score (nSPS) is 17.1. The van der Waals surface area contributed by atoms with Crippen molar-refractivity contribution in [3.05, 3.63) is 0 Å². The predicted octanol–water partition coefficient (Wildman–Crippen LogP) is 2.97. The van der Waals surface area contributed by atoms with Crippen molar-refractivity contribution in [2.75, 3.05) is 39.9 Å². The maximum Gasteiger partial charge on any atom is 0.310 e. The Bertz CT molecular complexity index is 460. The fourth-order valence-electron chi connectivity index (χ4n) is 3.07. The van der Waals surface area contributed by atoms with Crippen LogP contribution in [0.25, 0.3) is 0 Å². The molecule has 0 bridgehead atoms. The van der Waals surface area contributed by atoms with Crippen molar-refractivity contribution in [1.29, 1.82) is 0 Å². The Labute approximate surface area is 180 Å². The molecule has 0 aromatic carbocycles. The monoisotopic (exact) mass is 497 g/mol. The zero-order valence-electron chi connectivity index (χ0n) is 17.0. The van der Waals surface area contributed by atoms with E-state index in [0.717, 1.165) is 64.1 Å². The maximum absolute atomic E-state index is 12.0. The van der Waals surface area contributed by atoms with Crippen LogP contribution in [0.15, 0.2) is 4.99 Å². The number of ether oxygens (including phenoxy) is 2. The Kier molecular flexibility index (Phi) is 15.3. The summed E-state index contributed by atoms with van der Waals surface area (Å²) in [7, 11) is 1.42. The summed E-state index contributed by atoms with van der Waals surface area (Å²) in [6.45, 7) is 7.47. The standard InChI is InChI=1S/C19H35N3O4.HI/c1-4-20-19(21-13-9-7-6-8-12-17(23)25-3)22-14-10-11-16(15-22)18(24)26-5-2;/h16H,4-15H2,1-3H3,(H,20,21);1H. The first-order valence-corrected chi connectivity index (χ1v) is 9.89. The fraction of sp³-hybridized carbons (Fsp3) is 0.842. The Morgan fingerprint density at radius 3 is 2.59 bits per heavy atom. The molecule has 1 atom stereocenters. The number of guanidine groups is 1. The lowest BCUT2D eigenvalue weighted by Crippen LogP contribution is -2.48. The number of piperidine rings is 1. The van der Waals surface area contributed by atoms with E-state index < -0.39 is 0 Å². The summed E-state index contributed by atoms with van der Waals surface area (Å²) < 4.78 is 9.81. The zero-order chi connectivity index (χ0) is 19.2. The summed E-state index contributed by atoms with van der Waals surface area (Å²) >= 11 is 0. The van der Waals surface area contributed by atoms with Crippen LogP contribution in [-0.2, 0) is 19.1 Å². The first-order valence-electron chi connectivity index (χ1n) is 9.89. The number of likely N-dealkylation sites (tertiary alicyclic amines) is 1. The van der Waals surface area contributed by atoms with Gasteiger partial charge in [0.05, 0.1) is 19.6 Å². The highest BCUT2D eigenvalue weighted by molar-refractivity contribution is 14.0. The highest BCUT2D eigenvalue weighted by Gasteiger charge is 2.28. The quantitative estimate of drug-likeness (QED) is 0.164. The van der Waals surface area contributed by atoms with E-state index in [2.05, 4.69) is 21.9 Å². The number of methoxy groups -OCH3 is 1. The molecule has 0 radical (unpaired) electrons. The molecule has 1 heterocycles. The number of nitrogens with zero attached hydrogens (tertiary/aromatic N) is 2. The molecular formula is C19H36IN3O4. The number of hydrogen-bond acceptors (Lipinski definition) is 5. The molecule has 1 unspecified atom stereocenters. The average Bonchev–Trinajstić information content (AvgIpc) is 2.66. The molecular weight excluding hydrogens is 461 g/mol. The van der Waals surface area contributed by atoms with Gasteiger partial charge in [0.2, 0.25) is 0 Å². The van der Waals surface area contributed by atoms with Gasteiger partial charge >= 0.3 is 11.9 Å². The third-order valence-corrected chi connectivity index (χ3v) is 4.45. The molecule has 0 aliphatic carbocycles. The van der Waals surface area contributed by atoms with Crippen LogP contribution in [0.1, 0.15) is 58.8 Å². The lowest BCUT2D eigenvalue weighted by molar-refractivity contribution is -0.149. The molecule has 1 N–H and O–H groups in total. The molecule has 7 nitrogen and oxygen atoms in total. The van der Waals surface area contributed by atoms with Crippen LogP contribution in [0, 0.1) is 5.92 Å². The molecule has 8 heteroatoms. The van der Waals surface area contributed by atoms with Crippen LogP contribution in [-0.4, -0.2) is 62.7 Å². The molecule has 1 aliphatic rings. The molecule has 1 aliphatic heterocycles. The van der Waals surface area contributed by atoms with Gasteiger partial charge in [-0.15, -0.1) is 24.0 Å². The van der Waals surface area contributed by atoms with Crippen LogP contribution in [0.2, 0.25) is 0 Å². The van der Waals surface area contributed by atoms with E-state index in [1.807, 2.05) is 6.92 Å². The first-order chi connectivity index (χ1) is 12.6. The SMILES string of the molecule is CCNC(=NCCCCCCC(=O)OC)N1CCCC(C(=O)OCC)C1.I. The summed E-state index contributed by atoms with van der Waals surface area (Å²) in [6, 6.07) is 0. The Morgan fingerprint density at radius 1 is 1.19 bits per heavy atom. The number of aliphatic imine (C=N–C) groups is 1. The van der Waals surface area contributed by atoms with Gasteiger partial charge in [0.25, 0.3) is 0 Å². The van der Waals surface area contributed by atoms with E-state index in [1.54, 1.807) is 0 Å². The van der Waals surface area contributed by atoms with E-state index in [0.29, 0.717) is 19.6 Å². The molecule has 0 spiro atoms. The maximum atomic E-state index is 12.0. The number of esters is 2. The number of carbonyl (C=O) groups excluding carboxylic acids is 2. The molecule has 1 saturated heterocycles. The topological polar surface area (TPSA) is 80.2 Å². The number of unbranched alkanes of at least 4 members (excludes halogenated alkanes) is 3. The van der Waals surface area contributed by atoms with Gasteiger partial charge in [0, 0.05) is 32.6 Å². The van der Waals surface area contributed by atoms with Crippen molar-refractivity contribution < 1.29 is 19.1 Å². The fourth-order valence-corrected chi connectivity index (χ4v) is 3.07. The molecule has 27 heavy (non-hydrogen) atoms. The van der Waals surface area contributed by atoms with E-state index >= 15 is 0 Å². The van der Waals surface area contributed by atoms with E-state index in [9.17, 15) is 9.59 Å². The van der Waals surface area contributed by atoms with Gasteiger partial charge in [0.15, 0.2) is 5.96 Å². The van der Waals surface area contributed by atoms with Crippen molar-refractivity contribution in [2.24, 2.45) is 10.9 Å². The molecule has 0 aromatic rings. The van der Waals surface area contributed by atoms with Gasteiger partial charge in [-0.25, -0.2) is 0 Å². The van der Waals surface area contributed by atoms with Crippen LogP contribution in [0.3, 0.4) is 0 Å². The average molecular weight is 497 g/mol. The van der Waals surface area contributed by atoms with E-state index in [-0.39, 0.29) is 41.8 Å². The molecule has 158 valence electrons. The first kappa shape index (κ1) is 25.9. The second-order valence-electron chi connectivity index (χ2n) is 6.51. The van der Waals surface area contributed by atoms with Gasteiger partial charge in [-0.1, -0.05) is 12.8 Å². The summed E-state index contributed by atoms with van der Waals surface area (Å²) in [5.74, 6) is 0.583. The van der Waals surface area contributed by atoms with Crippen LogP contribution in [0.5, 0.6) is 0 Å². The van der Waals surface area contributed by atoms with Gasteiger partial charge < -0.3 is 19.7 Å². The smallest absolute Gasteiger partial charge is 0.310 e. The summed E-state index contributed by atoms with van der Waals surface area (Å²) in [4.78, 5) is 30.0. The second kappa shape index (κ2) is 15.9. The van der Waals surface area contributed by atoms with Crippen LogP contribution in [0.4, 0.5) is 0 Å². The Balaban J connectivity index is 0.00000676. The summed E-state index contributed by atoms with van der Waals surface area (Å²) in [6.07, 6.45) is 6.26. The number of nitrogens with one attached hydrogen (secondary N) is 1. The van der Waals surface area contributed by atoms with Crippen molar-refractivity contribution in [3.63, 3.8) is 0 Å². The van der Waals surface area contributed by atoms with Gasteiger partial charge in [-0.2, -0.15) is 0 Å². The van der Waals surface area contributed by atoms with Gasteiger partial charge in [-0.05, 0) is 39.5 Å². The molecule has 1 rings (SSSR count). The molecule has 0 amide bonds. The number of rotatable bonds is 10. The Hall–Kier alpha value is -1.06. The Morgan fingerprint density at radius 2 is 1.93 bits per heavy atom. The lowest BCUT2D eigenvalue weighted by atomic mass is 9.98. The summed E-state index contributed by atoms with van der Waals surface area (Å²) in [5, 5.41) is 3.33. The minimum Gasteiger partial charge on any atom is -0.469 e. The molecule has 0 saturated carbocycles. The number of carbonyl (C=O) groups is 2. The van der Waals surface area contributed by atoms with Crippen molar-refractivity contribution in [1.82, 2.24) is 10.2 Å². The van der Waals surface area contributed by atoms with E-state index in [1.165, 1.54) is 7.11 Å². The third kappa shape index (κ3) is 10.8. The highest BCUT2D eigenvalue weighted by Crippen LogP contribution is 2.18. The largest absolute Gasteiger partial charge is 0.469 e. The minimum atomic E-state index is -0.140. The minimum absolute atomic E-state index is 0. The van der Waals surface area contributed by atoms with Crippen LogP contribution < -0.4 is 5.32 Å². The number of hydrogen-bond donors (Lipinski definition) is 1.